The first-order chi connectivity index (χ1) is 17.9. The van der Waals surface area contributed by atoms with Crippen molar-refractivity contribution in [3.05, 3.63) is 78.4 Å². The Balaban J connectivity index is 1.72. The van der Waals surface area contributed by atoms with Crippen molar-refractivity contribution in [2.45, 2.75) is 20.4 Å². The number of hydrogen-bond donors (Lipinski definition) is 3. The molecule has 0 spiro atoms. The Labute approximate surface area is 219 Å². The molecule has 9 nitrogen and oxygen atoms in total. The summed E-state index contributed by atoms with van der Waals surface area (Å²) < 4.78 is 18.7. The summed E-state index contributed by atoms with van der Waals surface area (Å²) in [6.07, 6.45) is 4.95. The zero-order valence-electron chi connectivity index (χ0n) is 20.6. The molecule has 0 saturated heterocycles. The number of fused-ring (bicyclic) bond motifs is 3. The average Bonchev–Trinajstić information content (AvgIpc) is 3.51. The quantitative estimate of drug-likeness (QED) is 0.132. The number of carbonyl (C=O) groups excluding carboxylic acids is 2. The number of thiocarbonyl (C=S) groups is 1. The van der Waals surface area contributed by atoms with E-state index >= 15 is 0 Å². The lowest BCUT2D eigenvalue weighted by molar-refractivity contribution is -0.123. The van der Waals surface area contributed by atoms with Crippen molar-refractivity contribution in [1.29, 1.82) is 0 Å². The minimum absolute atomic E-state index is 0.250. The van der Waals surface area contributed by atoms with Crippen LogP contribution in [0.2, 0.25) is 0 Å². The number of hydrogen-bond acceptors (Lipinski definition) is 6. The predicted octanol–water partition coefficient (Wildman–Crippen LogP) is 3.98. The molecule has 3 N–H and O–H groups in total. The molecule has 4 aromatic rings. The highest BCUT2D eigenvalue weighted by Gasteiger charge is 2.24. The van der Waals surface area contributed by atoms with E-state index in [4.69, 9.17) is 26.1 Å². The van der Waals surface area contributed by atoms with Crippen LogP contribution in [0.1, 0.15) is 28.5 Å². The molecule has 0 aliphatic heterocycles. The first kappa shape index (κ1) is 25.8. The van der Waals surface area contributed by atoms with Gasteiger partial charge in [-0.25, -0.2) is 4.79 Å². The zero-order chi connectivity index (χ0) is 26.4. The number of benzene rings is 2. The van der Waals surface area contributed by atoms with Crippen LogP contribution >= 0.6 is 12.2 Å². The molecule has 0 bridgehead atoms. The predicted molar refractivity (Wildman–Crippen MR) is 146 cm³/mol. The number of esters is 1. The second-order valence-corrected chi connectivity index (χ2v) is 8.58. The average molecular weight is 521 g/mol. The lowest BCUT2D eigenvalue weighted by Gasteiger charge is -2.14. The van der Waals surface area contributed by atoms with Crippen molar-refractivity contribution in [1.82, 2.24) is 20.7 Å². The van der Waals surface area contributed by atoms with E-state index in [1.165, 1.54) is 0 Å². The van der Waals surface area contributed by atoms with Gasteiger partial charge in [-0.2, -0.15) is 0 Å². The summed E-state index contributed by atoms with van der Waals surface area (Å²) in [5.41, 5.74) is 8.16. The molecule has 0 fully saturated rings. The van der Waals surface area contributed by atoms with E-state index in [0.717, 1.165) is 27.5 Å². The molecule has 0 unspecified atom stereocenters. The third-order valence-corrected chi connectivity index (χ3v) is 6.01. The Morgan fingerprint density at radius 1 is 1.16 bits per heavy atom. The van der Waals surface area contributed by atoms with E-state index in [-0.39, 0.29) is 18.3 Å². The van der Waals surface area contributed by atoms with Crippen LogP contribution in [0.15, 0.2) is 66.0 Å². The van der Waals surface area contributed by atoms with Gasteiger partial charge in [0.25, 0.3) is 5.91 Å². The van der Waals surface area contributed by atoms with Crippen molar-refractivity contribution >= 4 is 50.9 Å². The number of carbonyl (C=O) groups is 2. The van der Waals surface area contributed by atoms with Gasteiger partial charge in [0.1, 0.15) is 5.75 Å². The highest BCUT2D eigenvalue weighted by molar-refractivity contribution is 7.80. The van der Waals surface area contributed by atoms with E-state index in [9.17, 15) is 9.59 Å². The number of furan rings is 1. The molecule has 0 saturated carbocycles. The molecule has 4 rings (SSSR count). The summed E-state index contributed by atoms with van der Waals surface area (Å²) in [5.74, 6) is -0.373. The lowest BCUT2D eigenvalue weighted by atomic mass is 10.0. The van der Waals surface area contributed by atoms with Crippen LogP contribution < -0.4 is 20.9 Å². The maximum absolute atomic E-state index is 13.0. The molecule has 2 heterocycles. The maximum atomic E-state index is 13.0. The fourth-order valence-corrected chi connectivity index (χ4v) is 4.30. The minimum atomic E-state index is -0.425. The molecule has 1 amide bonds. The summed E-state index contributed by atoms with van der Waals surface area (Å²) in [7, 11) is 0. The van der Waals surface area contributed by atoms with Gasteiger partial charge in [-0.3, -0.25) is 15.6 Å². The van der Waals surface area contributed by atoms with Crippen LogP contribution in [-0.4, -0.2) is 41.3 Å². The molecule has 37 heavy (non-hydrogen) atoms. The first-order valence-electron chi connectivity index (χ1n) is 11.7. The number of rotatable bonds is 9. The van der Waals surface area contributed by atoms with Crippen LogP contribution in [0, 0.1) is 6.92 Å². The van der Waals surface area contributed by atoms with Crippen LogP contribution in [0.3, 0.4) is 0 Å². The standard InChI is InChI=1S/C27H28N4O5S/c1-4-11-28-27(37)30-29-23(32)16-36-22-13-21-24(26(33)35-5-2)17(3)31(14-18-10-12-34-15-18)25(21)20-9-7-6-8-19(20)22/h4,6-10,12-13,15H,1,5,11,14,16H2,2-3H3,(H,29,32)(H2,28,30,37). The van der Waals surface area contributed by atoms with Crippen LogP contribution in [-0.2, 0) is 16.1 Å². The van der Waals surface area contributed by atoms with Crippen LogP contribution in [0.4, 0.5) is 0 Å². The molecule has 2 aromatic carbocycles. The Hall–Kier alpha value is -4.31. The normalized spacial score (nSPS) is 10.8. The summed E-state index contributed by atoms with van der Waals surface area (Å²) >= 11 is 5.07. The molecular weight excluding hydrogens is 492 g/mol. The molecule has 0 radical (unpaired) electrons. The fraction of sp³-hybridized carbons (Fsp3) is 0.222. The number of hydrazine groups is 1. The summed E-state index contributed by atoms with van der Waals surface area (Å²) in [6.45, 7) is 8.22. The fourth-order valence-electron chi connectivity index (χ4n) is 4.16. The van der Waals surface area contributed by atoms with E-state index in [1.807, 2.05) is 37.3 Å². The summed E-state index contributed by atoms with van der Waals surface area (Å²) in [6, 6.07) is 11.4. The molecular formula is C27H28N4O5S. The van der Waals surface area contributed by atoms with Gasteiger partial charge >= 0.3 is 5.97 Å². The van der Waals surface area contributed by atoms with Crippen molar-refractivity contribution in [3.63, 3.8) is 0 Å². The highest BCUT2D eigenvalue weighted by atomic mass is 32.1. The first-order valence-corrected chi connectivity index (χ1v) is 12.1. The minimum Gasteiger partial charge on any atom is -0.483 e. The molecule has 10 heteroatoms. The van der Waals surface area contributed by atoms with Gasteiger partial charge < -0.3 is 23.8 Å². The molecule has 2 aromatic heterocycles. The third-order valence-electron chi connectivity index (χ3n) is 5.77. The lowest BCUT2D eigenvalue weighted by Crippen LogP contribution is -2.48. The number of ether oxygens (including phenoxy) is 2. The second-order valence-electron chi connectivity index (χ2n) is 8.18. The summed E-state index contributed by atoms with van der Waals surface area (Å²) in [5, 5.41) is 5.48. The van der Waals surface area contributed by atoms with Crippen molar-refractivity contribution in [3.8, 4) is 5.75 Å². The summed E-state index contributed by atoms with van der Waals surface area (Å²) in [4.78, 5) is 25.4. The Morgan fingerprint density at radius 3 is 2.65 bits per heavy atom. The maximum Gasteiger partial charge on any atom is 0.340 e. The van der Waals surface area contributed by atoms with Gasteiger partial charge in [0, 0.05) is 34.0 Å². The molecule has 0 aliphatic rings. The van der Waals surface area contributed by atoms with E-state index in [2.05, 4.69) is 27.3 Å². The molecule has 0 aliphatic carbocycles. The van der Waals surface area contributed by atoms with Crippen LogP contribution in [0.5, 0.6) is 5.75 Å². The number of aromatic nitrogens is 1. The van der Waals surface area contributed by atoms with Crippen molar-refractivity contribution in [2.24, 2.45) is 0 Å². The van der Waals surface area contributed by atoms with Gasteiger partial charge in [-0.05, 0) is 38.2 Å². The Morgan fingerprint density at radius 2 is 1.95 bits per heavy atom. The SMILES string of the molecule is C=CCNC(=S)NNC(=O)COc1cc2c(C(=O)OCC)c(C)n(Cc3ccoc3)c2c2ccccc12. The van der Waals surface area contributed by atoms with Crippen molar-refractivity contribution in [2.75, 3.05) is 19.8 Å². The molecule has 192 valence electrons. The number of nitrogens with zero attached hydrogens (tertiary/aromatic N) is 1. The van der Waals surface area contributed by atoms with Gasteiger partial charge in [0.05, 0.1) is 36.8 Å². The number of nitrogens with one attached hydrogen (secondary N) is 3. The van der Waals surface area contributed by atoms with Gasteiger partial charge in [-0.15, -0.1) is 6.58 Å². The van der Waals surface area contributed by atoms with Gasteiger partial charge in [0.2, 0.25) is 0 Å². The Bertz CT molecular complexity index is 1460. The second kappa shape index (κ2) is 11.6. The van der Waals surface area contributed by atoms with Crippen LogP contribution in [0.25, 0.3) is 21.7 Å². The van der Waals surface area contributed by atoms with E-state index in [1.54, 1.807) is 31.6 Å². The van der Waals surface area contributed by atoms with E-state index in [0.29, 0.717) is 29.8 Å². The smallest absolute Gasteiger partial charge is 0.340 e. The number of amides is 1. The van der Waals surface area contributed by atoms with Gasteiger partial charge in [0.15, 0.2) is 11.7 Å². The zero-order valence-corrected chi connectivity index (χ0v) is 21.4. The molecule has 0 atom stereocenters. The van der Waals surface area contributed by atoms with Crippen molar-refractivity contribution < 1.29 is 23.5 Å². The third kappa shape index (κ3) is 5.59. The topological polar surface area (TPSA) is 107 Å². The van der Waals surface area contributed by atoms with E-state index < -0.39 is 11.9 Å². The highest BCUT2D eigenvalue weighted by Crippen LogP contribution is 2.38. The monoisotopic (exact) mass is 520 g/mol. The largest absolute Gasteiger partial charge is 0.483 e. The Kier molecular flexibility index (Phi) is 8.09. The van der Waals surface area contributed by atoms with Gasteiger partial charge in [-0.1, -0.05) is 30.3 Å².